The van der Waals surface area contributed by atoms with Crippen LogP contribution in [-0.2, 0) is 4.74 Å². The van der Waals surface area contributed by atoms with Crippen molar-refractivity contribution in [1.82, 2.24) is 10.1 Å². The Kier molecular flexibility index (Phi) is 3.16. The van der Waals surface area contributed by atoms with Crippen LogP contribution in [0, 0.1) is 5.82 Å². The van der Waals surface area contributed by atoms with Crippen molar-refractivity contribution in [3.05, 3.63) is 29.8 Å². The molecule has 0 spiro atoms. The third-order valence-electron chi connectivity index (χ3n) is 3.14. The minimum atomic E-state index is -0.455. The number of benzene rings is 1. The predicted molar refractivity (Wildman–Crippen MR) is 64.4 cm³/mol. The van der Waals surface area contributed by atoms with E-state index in [2.05, 4.69) is 10.1 Å². The number of hydrogen-bond acceptors (Lipinski definition) is 5. The number of nitrogens with zero attached hydrogens (tertiary/aromatic N) is 2. The SMILES string of the molecule is COc1ccc(-c2nc([C@H]3CCOC3)no2)cc1F. The van der Waals surface area contributed by atoms with Crippen LogP contribution in [0.4, 0.5) is 4.39 Å². The van der Waals surface area contributed by atoms with E-state index in [-0.39, 0.29) is 11.7 Å². The van der Waals surface area contributed by atoms with Gasteiger partial charge in [-0.25, -0.2) is 4.39 Å². The van der Waals surface area contributed by atoms with Crippen LogP contribution < -0.4 is 4.74 Å². The van der Waals surface area contributed by atoms with E-state index in [0.29, 0.717) is 30.5 Å². The van der Waals surface area contributed by atoms with Gasteiger partial charge in [-0.15, -0.1) is 0 Å². The third kappa shape index (κ3) is 2.31. The standard InChI is InChI=1S/C13H13FN2O3/c1-17-11-3-2-8(6-10(11)14)13-15-12(16-19-13)9-4-5-18-7-9/h2-3,6,9H,4-5,7H2,1H3/t9-/m0/s1. The quantitative estimate of drug-likeness (QED) is 0.852. The molecule has 0 aliphatic carbocycles. The average Bonchev–Trinajstić information content (AvgIpc) is 3.09. The van der Waals surface area contributed by atoms with Crippen molar-refractivity contribution in [3.8, 4) is 17.2 Å². The Balaban J connectivity index is 1.87. The van der Waals surface area contributed by atoms with Gasteiger partial charge in [0.1, 0.15) is 0 Å². The molecule has 0 amide bonds. The van der Waals surface area contributed by atoms with E-state index in [1.165, 1.54) is 19.2 Å². The molecule has 19 heavy (non-hydrogen) atoms. The number of methoxy groups -OCH3 is 1. The first-order valence-electron chi connectivity index (χ1n) is 6.03. The number of aromatic nitrogens is 2. The van der Waals surface area contributed by atoms with Crippen LogP contribution in [-0.4, -0.2) is 30.5 Å². The van der Waals surface area contributed by atoms with Gasteiger partial charge < -0.3 is 14.0 Å². The molecule has 0 unspecified atom stereocenters. The molecule has 1 aromatic heterocycles. The molecule has 1 atom stereocenters. The van der Waals surface area contributed by atoms with Crippen molar-refractivity contribution >= 4 is 0 Å². The lowest BCUT2D eigenvalue weighted by Gasteiger charge is -2.01. The van der Waals surface area contributed by atoms with Gasteiger partial charge in [-0.05, 0) is 24.6 Å². The summed E-state index contributed by atoms with van der Waals surface area (Å²) in [7, 11) is 1.42. The molecular weight excluding hydrogens is 251 g/mol. The molecule has 6 heteroatoms. The lowest BCUT2D eigenvalue weighted by molar-refractivity contribution is 0.192. The molecule has 0 bridgehead atoms. The van der Waals surface area contributed by atoms with Crippen LogP contribution in [0.3, 0.4) is 0 Å². The summed E-state index contributed by atoms with van der Waals surface area (Å²) >= 11 is 0. The minimum absolute atomic E-state index is 0.167. The highest BCUT2D eigenvalue weighted by molar-refractivity contribution is 5.54. The third-order valence-corrected chi connectivity index (χ3v) is 3.14. The molecule has 1 aromatic carbocycles. The molecule has 1 fully saturated rings. The van der Waals surface area contributed by atoms with Crippen LogP contribution in [0.25, 0.3) is 11.5 Å². The summed E-state index contributed by atoms with van der Waals surface area (Å²) in [6.45, 7) is 1.32. The fourth-order valence-electron chi connectivity index (χ4n) is 2.06. The fourth-order valence-corrected chi connectivity index (χ4v) is 2.06. The zero-order valence-corrected chi connectivity index (χ0v) is 10.4. The maximum atomic E-state index is 13.6. The van der Waals surface area contributed by atoms with Crippen LogP contribution in [0.15, 0.2) is 22.7 Å². The molecule has 3 rings (SSSR count). The Morgan fingerprint density at radius 2 is 2.32 bits per heavy atom. The van der Waals surface area contributed by atoms with E-state index < -0.39 is 5.82 Å². The van der Waals surface area contributed by atoms with E-state index >= 15 is 0 Å². The summed E-state index contributed by atoms with van der Waals surface area (Å²) in [6.07, 6.45) is 0.885. The Morgan fingerprint density at radius 3 is 3.00 bits per heavy atom. The molecule has 1 aliphatic heterocycles. The van der Waals surface area contributed by atoms with Crippen molar-refractivity contribution in [2.24, 2.45) is 0 Å². The number of rotatable bonds is 3. The van der Waals surface area contributed by atoms with Gasteiger partial charge in [-0.3, -0.25) is 0 Å². The summed E-state index contributed by atoms with van der Waals surface area (Å²) in [6, 6.07) is 4.54. The van der Waals surface area contributed by atoms with Gasteiger partial charge in [-0.2, -0.15) is 4.98 Å². The molecule has 1 saturated heterocycles. The number of ether oxygens (including phenoxy) is 2. The molecule has 100 valence electrons. The average molecular weight is 264 g/mol. The summed E-state index contributed by atoms with van der Waals surface area (Å²) in [4.78, 5) is 4.29. The lowest BCUT2D eigenvalue weighted by Crippen LogP contribution is -1.99. The molecule has 0 radical (unpaired) electrons. The number of halogens is 1. The molecule has 2 aromatic rings. The smallest absolute Gasteiger partial charge is 0.258 e. The zero-order chi connectivity index (χ0) is 13.2. The van der Waals surface area contributed by atoms with Crippen LogP contribution >= 0.6 is 0 Å². The predicted octanol–water partition coefficient (Wildman–Crippen LogP) is 2.39. The molecule has 0 N–H and O–H groups in total. The molecule has 5 nitrogen and oxygen atoms in total. The lowest BCUT2D eigenvalue weighted by atomic mass is 10.1. The molecule has 0 saturated carbocycles. The summed E-state index contributed by atoms with van der Waals surface area (Å²) in [5.41, 5.74) is 0.538. The topological polar surface area (TPSA) is 57.4 Å². The largest absolute Gasteiger partial charge is 0.494 e. The molecule has 2 heterocycles. The van der Waals surface area contributed by atoms with Crippen LogP contribution in [0.5, 0.6) is 5.75 Å². The maximum absolute atomic E-state index is 13.6. The first kappa shape index (κ1) is 12.1. The summed E-state index contributed by atoms with van der Waals surface area (Å²) in [5.74, 6) is 0.824. The normalized spacial score (nSPS) is 18.7. The Labute approximate surface area is 109 Å². The van der Waals surface area contributed by atoms with E-state index in [1.807, 2.05) is 0 Å². The second-order valence-corrected chi connectivity index (χ2v) is 4.37. The van der Waals surface area contributed by atoms with Gasteiger partial charge in [0.2, 0.25) is 0 Å². The Morgan fingerprint density at radius 1 is 1.42 bits per heavy atom. The fraction of sp³-hybridized carbons (Fsp3) is 0.385. The zero-order valence-electron chi connectivity index (χ0n) is 10.4. The van der Waals surface area contributed by atoms with Gasteiger partial charge in [0.05, 0.1) is 13.7 Å². The van der Waals surface area contributed by atoms with Crippen molar-refractivity contribution < 1.29 is 18.4 Å². The molecule has 1 aliphatic rings. The first-order valence-corrected chi connectivity index (χ1v) is 6.03. The first-order chi connectivity index (χ1) is 9.28. The van der Waals surface area contributed by atoms with Gasteiger partial charge in [0.25, 0.3) is 5.89 Å². The summed E-state index contributed by atoms with van der Waals surface area (Å²) in [5, 5.41) is 3.93. The van der Waals surface area contributed by atoms with Gasteiger partial charge >= 0.3 is 0 Å². The minimum Gasteiger partial charge on any atom is -0.494 e. The van der Waals surface area contributed by atoms with E-state index in [9.17, 15) is 4.39 Å². The molecular formula is C13H13FN2O3. The second kappa shape index (κ2) is 4.97. The van der Waals surface area contributed by atoms with Gasteiger partial charge in [-0.1, -0.05) is 5.16 Å². The van der Waals surface area contributed by atoms with Gasteiger partial charge in [0, 0.05) is 18.1 Å². The highest BCUT2D eigenvalue weighted by Gasteiger charge is 2.23. The van der Waals surface area contributed by atoms with E-state index in [1.54, 1.807) is 6.07 Å². The monoisotopic (exact) mass is 264 g/mol. The van der Waals surface area contributed by atoms with Crippen LogP contribution in [0.1, 0.15) is 18.2 Å². The van der Waals surface area contributed by atoms with E-state index in [4.69, 9.17) is 14.0 Å². The highest BCUT2D eigenvalue weighted by Crippen LogP contribution is 2.27. The highest BCUT2D eigenvalue weighted by atomic mass is 19.1. The van der Waals surface area contributed by atoms with Crippen molar-refractivity contribution in [2.75, 3.05) is 20.3 Å². The van der Waals surface area contributed by atoms with Crippen LogP contribution in [0.2, 0.25) is 0 Å². The Hall–Kier alpha value is -1.95. The van der Waals surface area contributed by atoms with Gasteiger partial charge in [0.15, 0.2) is 17.4 Å². The van der Waals surface area contributed by atoms with Crippen molar-refractivity contribution in [3.63, 3.8) is 0 Å². The summed E-state index contributed by atoms with van der Waals surface area (Å²) < 4.78 is 28.9. The van der Waals surface area contributed by atoms with E-state index in [0.717, 1.165) is 6.42 Å². The maximum Gasteiger partial charge on any atom is 0.258 e. The van der Waals surface area contributed by atoms with Crippen molar-refractivity contribution in [1.29, 1.82) is 0 Å². The Bertz CT molecular complexity index is 579. The second-order valence-electron chi connectivity index (χ2n) is 4.37. The number of hydrogen-bond donors (Lipinski definition) is 0. The van der Waals surface area contributed by atoms with Crippen molar-refractivity contribution in [2.45, 2.75) is 12.3 Å².